The Hall–Kier alpha value is -3.22. The quantitative estimate of drug-likeness (QED) is 0.459. The predicted molar refractivity (Wildman–Crippen MR) is 106 cm³/mol. The number of carbonyl (C=O) groups is 1. The van der Waals surface area contributed by atoms with Crippen molar-refractivity contribution < 1.29 is 15.0 Å². The van der Waals surface area contributed by atoms with Gasteiger partial charge in [0, 0.05) is 24.0 Å². The molecule has 2 aromatic heterocycles. The van der Waals surface area contributed by atoms with Crippen molar-refractivity contribution in [2.75, 3.05) is 5.32 Å². The van der Waals surface area contributed by atoms with Gasteiger partial charge in [-0.15, -0.1) is 0 Å². The summed E-state index contributed by atoms with van der Waals surface area (Å²) in [6, 6.07) is 7.83. The summed E-state index contributed by atoms with van der Waals surface area (Å²) in [5.74, 6) is -0.583. The molecule has 0 aliphatic heterocycles. The maximum atomic E-state index is 12.6. The van der Waals surface area contributed by atoms with Crippen LogP contribution < -0.4 is 5.32 Å². The third-order valence-corrected chi connectivity index (χ3v) is 5.42. The normalized spacial score (nSPS) is 14.9. The van der Waals surface area contributed by atoms with E-state index in [-0.39, 0.29) is 17.2 Å². The van der Waals surface area contributed by atoms with E-state index in [1.165, 1.54) is 44.0 Å². The van der Waals surface area contributed by atoms with Gasteiger partial charge in [-0.25, -0.2) is 4.98 Å². The summed E-state index contributed by atoms with van der Waals surface area (Å²) < 4.78 is 0. The van der Waals surface area contributed by atoms with E-state index < -0.39 is 5.91 Å². The highest BCUT2D eigenvalue weighted by molar-refractivity contribution is 6.08. The first-order valence-corrected chi connectivity index (χ1v) is 9.63. The van der Waals surface area contributed by atoms with Crippen molar-refractivity contribution in [2.24, 2.45) is 0 Å². The van der Waals surface area contributed by atoms with Crippen molar-refractivity contribution in [1.82, 2.24) is 15.0 Å². The number of aromatic amines is 2. The molecule has 7 heteroatoms. The van der Waals surface area contributed by atoms with Gasteiger partial charge >= 0.3 is 0 Å². The molecule has 0 unspecified atom stereocenters. The lowest BCUT2D eigenvalue weighted by Gasteiger charge is -2.22. The van der Waals surface area contributed by atoms with Crippen molar-refractivity contribution in [3.8, 4) is 11.6 Å². The van der Waals surface area contributed by atoms with Crippen LogP contribution in [0, 0.1) is 0 Å². The first-order valence-electron chi connectivity index (χ1n) is 9.63. The van der Waals surface area contributed by atoms with E-state index in [0.717, 1.165) is 5.69 Å². The number of carbonyl (C=O) groups excluding carboxylic acids is 1. The van der Waals surface area contributed by atoms with E-state index in [1.807, 2.05) is 24.3 Å². The van der Waals surface area contributed by atoms with Crippen LogP contribution in [0.25, 0.3) is 0 Å². The number of nitrogens with zero attached hydrogens (tertiary/aromatic N) is 1. The molecule has 0 saturated heterocycles. The lowest BCUT2D eigenvalue weighted by Crippen LogP contribution is -2.12. The molecule has 5 N–H and O–H groups in total. The number of aromatic hydroxyl groups is 2. The Bertz CT molecular complexity index is 939. The molecule has 3 aromatic rings. The van der Waals surface area contributed by atoms with Gasteiger partial charge < -0.3 is 25.5 Å². The molecule has 0 atom stereocenters. The SMILES string of the molecule is O=C(Nc1ccc(C2CCCCC2)cc1)c1c(O)[nH]c(Cc2cnc[nH]2)c1O. The van der Waals surface area contributed by atoms with Crippen LogP contribution in [0.4, 0.5) is 5.69 Å². The van der Waals surface area contributed by atoms with Gasteiger partial charge in [0.05, 0.1) is 12.0 Å². The van der Waals surface area contributed by atoms with E-state index >= 15 is 0 Å². The Labute approximate surface area is 162 Å². The number of rotatable bonds is 5. The van der Waals surface area contributed by atoms with Crippen molar-refractivity contribution in [2.45, 2.75) is 44.4 Å². The monoisotopic (exact) mass is 380 g/mol. The minimum atomic E-state index is -0.562. The molecule has 28 heavy (non-hydrogen) atoms. The molecule has 2 heterocycles. The number of aromatic nitrogens is 3. The van der Waals surface area contributed by atoms with Crippen LogP contribution in [-0.4, -0.2) is 31.1 Å². The number of anilines is 1. The Morgan fingerprint density at radius 2 is 1.89 bits per heavy atom. The van der Waals surface area contributed by atoms with Gasteiger partial charge in [-0.1, -0.05) is 31.4 Å². The van der Waals surface area contributed by atoms with E-state index in [0.29, 0.717) is 23.7 Å². The molecule has 4 rings (SSSR count). The molecule has 1 aliphatic rings. The molecule has 0 radical (unpaired) electrons. The van der Waals surface area contributed by atoms with Crippen LogP contribution in [0.2, 0.25) is 0 Å². The third kappa shape index (κ3) is 3.74. The summed E-state index contributed by atoms with van der Waals surface area (Å²) in [4.78, 5) is 22.1. The second kappa shape index (κ2) is 7.80. The third-order valence-electron chi connectivity index (χ3n) is 5.42. The standard InChI is InChI=1S/C21H24N4O3/c26-19-17(10-16-11-22-12-23-16)25-21(28)18(19)20(27)24-15-8-6-14(7-9-15)13-4-2-1-3-5-13/h6-9,11-13,25-26,28H,1-5,10H2,(H,22,23)(H,24,27). The van der Waals surface area contributed by atoms with Crippen LogP contribution in [0.3, 0.4) is 0 Å². The fourth-order valence-electron chi connectivity index (χ4n) is 3.91. The van der Waals surface area contributed by atoms with Gasteiger partial charge in [0.25, 0.3) is 5.91 Å². The molecule has 1 aromatic carbocycles. The van der Waals surface area contributed by atoms with Crippen LogP contribution >= 0.6 is 0 Å². The maximum Gasteiger partial charge on any atom is 0.264 e. The average Bonchev–Trinajstić information content (AvgIpc) is 3.31. The Morgan fingerprint density at radius 1 is 1.14 bits per heavy atom. The number of H-pyrrole nitrogens is 2. The zero-order valence-electron chi connectivity index (χ0n) is 15.5. The largest absolute Gasteiger partial charge is 0.505 e. The molecule has 1 saturated carbocycles. The molecule has 1 amide bonds. The van der Waals surface area contributed by atoms with Crippen molar-refractivity contribution in [3.05, 3.63) is 59.3 Å². The summed E-state index contributed by atoms with van der Waals surface area (Å²) in [5, 5.41) is 23.2. The van der Waals surface area contributed by atoms with Gasteiger partial charge in [-0.2, -0.15) is 0 Å². The number of imidazole rings is 1. The first-order chi connectivity index (χ1) is 13.6. The first kappa shape index (κ1) is 18.2. The highest BCUT2D eigenvalue weighted by Crippen LogP contribution is 2.34. The Balaban J connectivity index is 1.46. The molecule has 1 fully saturated rings. The van der Waals surface area contributed by atoms with Crippen LogP contribution in [-0.2, 0) is 6.42 Å². The fraction of sp³-hybridized carbons (Fsp3) is 0.333. The second-order valence-electron chi connectivity index (χ2n) is 7.34. The van der Waals surface area contributed by atoms with Crippen molar-refractivity contribution in [3.63, 3.8) is 0 Å². The minimum absolute atomic E-state index is 0.161. The van der Waals surface area contributed by atoms with Crippen LogP contribution in [0.5, 0.6) is 11.6 Å². The van der Waals surface area contributed by atoms with E-state index in [1.54, 1.807) is 6.20 Å². The van der Waals surface area contributed by atoms with Gasteiger partial charge in [0.15, 0.2) is 5.75 Å². The molecule has 0 spiro atoms. The average molecular weight is 380 g/mol. The smallest absolute Gasteiger partial charge is 0.264 e. The maximum absolute atomic E-state index is 12.6. The number of benzene rings is 1. The van der Waals surface area contributed by atoms with Crippen LogP contribution in [0.1, 0.15) is 65.3 Å². The molecular formula is C21H24N4O3. The predicted octanol–water partition coefficient (Wildman–Crippen LogP) is 4.04. The topological polar surface area (TPSA) is 114 Å². The molecule has 1 aliphatic carbocycles. The number of amides is 1. The molecule has 0 bridgehead atoms. The van der Waals surface area contributed by atoms with Gasteiger partial charge in [-0.3, -0.25) is 4.79 Å². The molecule has 146 valence electrons. The minimum Gasteiger partial charge on any atom is -0.505 e. The zero-order valence-corrected chi connectivity index (χ0v) is 15.5. The summed E-state index contributed by atoms with van der Waals surface area (Å²) in [6.45, 7) is 0. The Morgan fingerprint density at radius 3 is 2.57 bits per heavy atom. The Kier molecular flexibility index (Phi) is 5.06. The van der Waals surface area contributed by atoms with E-state index in [4.69, 9.17) is 0 Å². The van der Waals surface area contributed by atoms with E-state index in [2.05, 4.69) is 20.3 Å². The molecular weight excluding hydrogens is 356 g/mol. The van der Waals surface area contributed by atoms with E-state index in [9.17, 15) is 15.0 Å². The highest BCUT2D eigenvalue weighted by atomic mass is 16.3. The highest BCUT2D eigenvalue weighted by Gasteiger charge is 2.23. The summed E-state index contributed by atoms with van der Waals surface area (Å²) in [5.41, 5.74) is 2.86. The summed E-state index contributed by atoms with van der Waals surface area (Å²) >= 11 is 0. The fourth-order valence-corrected chi connectivity index (χ4v) is 3.91. The summed E-state index contributed by atoms with van der Waals surface area (Å²) in [7, 11) is 0. The van der Waals surface area contributed by atoms with Crippen molar-refractivity contribution >= 4 is 11.6 Å². The van der Waals surface area contributed by atoms with Gasteiger partial charge in [-0.05, 0) is 36.5 Å². The number of nitrogens with one attached hydrogen (secondary N) is 3. The van der Waals surface area contributed by atoms with Gasteiger partial charge in [0.2, 0.25) is 5.88 Å². The summed E-state index contributed by atoms with van der Waals surface area (Å²) in [6.07, 6.45) is 9.74. The number of hydrogen-bond donors (Lipinski definition) is 5. The van der Waals surface area contributed by atoms with Gasteiger partial charge in [0.1, 0.15) is 5.56 Å². The zero-order chi connectivity index (χ0) is 19.5. The lowest BCUT2D eigenvalue weighted by atomic mass is 9.84. The number of hydrogen-bond acceptors (Lipinski definition) is 4. The molecule has 7 nitrogen and oxygen atoms in total. The lowest BCUT2D eigenvalue weighted by molar-refractivity contribution is 0.102. The van der Waals surface area contributed by atoms with Crippen molar-refractivity contribution in [1.29, 1.82) is 0 Å². The van der Waals surface area contributed by atoms with Crippen LogP contribution in [0.15, 0.2) is 36.8 Å². The second-order valence-corrected chi connectivity index (χ2v) is 7.34.